The molecule has 1 aromatic carbocycles. The fraction of sp³-hybridized carbons (Fsp3) is 0.412. The van der Waals surface area contributed by atoms with Crippen LogP contribution in [0, 0.1) is 0 Å². The molecule has 28 heavy (non-hydrogen) atoms. The SMILES string of the molecule is CN(C)c1nc(NCCNC(=O)COc2ccc(Cl)c(Cl)c2)nc(N(C)C)n1. The van der Waals surface area contributed by atoms with Crippen molar-refractivity contribution in [3.8, 4) is 5.75 Å². The molecule has 152 valence electrons. The van der Waals surface area contributed by atoms with Crippen molar-refractivity contribution >= 4 is 47.0 Å². The van der Waals surface area contributed by atoms with Crippen LogP contribution in [0.5, 0.6) is 5.75 Å². The number of hydrogen-bond acceptors (Lipinski definition) is 8. The van der Waals surface area contributed by atoms with Crippen LogP contribution in [-0.2, 0) is 4.79 Å². The minimum Gasteiger partial charge on any atom is -0.484 e. The topological polar surface area (TPSA) is 95.5 Å². The first-order chi connectivity index (χ1) is 13.3. The van der Waals surface area contributed by atoms with E-state index in [1.807, 2.05) is 28.2 Å². The molecule has 1 heterocycles. The van der Waals surface area contributed by atoms with Gasteiger partial charge < -0.3 is 25.2 Å². The number of carbonyl (C=O) groups is 1. The van der Waals surface area contributed by atoms with Crippen molar-refractivity contribution in [3.05, 3.63) is 28.2 Å². The maximum atomic E-state index is 11.9. The Bertz CT molecular complexity index is 792. The van der Waals surface area contributed by atoms with E-state index in [9.17, 15) is 4.79 Å². The summed E-state index contributed by atoms with van der Waals surface area (Å²) in [4.78, 5) is 28.5. The third kappa shape index (κ3) is 6.58. The van der Waals surface area contributed by atoms with Crippen LogP contribution >= 0.6 is 23.2 Å². The number of hydrogen-bond donors (Lipinski definition) is 2. The van der Waals surface area contributed by atoms with Gasteiger partial charge in [0.2, 0.25) is 17.8 Å². The predicted molar refractivity (Wildman–Crippen MR) is 112 cm³/mol. The summed E-state index contributed by atoms with van der Waals surface area (Å²) in [5, 5.41) is 6.62. The van der Waals surface area contributed by atoms with Crippen molar-refractivity contribution < 1.29 is 9.53 Å². The summed E-state index contributed by atoms with van der Waals surface area (Å²) >= 11 is 11.7. The molecule has 0 aliphatic carbocycles. The Morgan fingerprint density at radius 2 is 1.64 bits per heavy atom. The Morgan fingerprint density at radius 1 is 1.00 bits per heavy atom. The highest BCUT2D eigenvalue weighted by molar-refractivity contribution is 6.42. The zero-order chi connectivity index (χ0) is 20.7. The van der Waals surface area contributed by atoms with Gasteiger partial charge in [-0.1, -0.05) is 23.2 Å². The van der Waals surface area contributed by atoms with E-state index in [1.54, 1.807) is 28.0 Å². The molecule has 0 saturated heterocycles. The number of benzene rings is 1. The molecule has 0 aliphatic rings. The molecule has 2 aromatic rings. The molecule has 9 nitrogen and oxygen atoms in total. The maximum Gasteiger partial charge on any atom is 0.258 e. The lowest BCUT2D eigenvalue weighted by molar-refractivity contribution is -0.123. The van der Waals surface area contributed by atoms with Crippen LogP contribution in [-0.4, -0.2) is 68.7 Å². The van der Waals surface area contributed by atoms with Gasteiger partial charge in [-0.2, -0.15) is 15.0 Å². The van der Waals surface area contributed by atoms with Gasteiger partial charge in [-0.15, -0.1) is 0 Å². The van der Waals surface area contributed by atoms with Crippen molar-refractivity contribution in [2.75, 3.05) is 63.0 Å². The lowest BCUT2D eigenvalue weighted by atomic mass is 10.3. The Balaban J connectivity index is 1.78. The summed E-state index contributed by atoms with van der Waals surface area (Å²) in [6.07, 6.45) is 0. The van der Waals surface area contributed by atoms with E-state index in [1.165, 1.54) is 0 Å². The third-order valence-corrected chi connectivity index (χ3v) is 4.14. The number of rotatable bonds is 9. The Labute approximate surface area is 174 Å². The van der Waals surface area contributed by atoms with E-state index in [2.05, 4.69) is 25.6 Å². The molecule has 2 rings (SSSR count). The molecule has 0 saturated carbocycles. The number of aromatic nitrogens is 3. The third-order valence-electron chi connectivity index (χ3n) is 3.40. The van der Waals surface area contributed by atoms with Crippen molar-refractivity contribution in [3.63, 3.8) is 0 Å². The van der Waals surface area contributed by atoms with E-state index in [0.717, 1.165) is 0 Å². The molecule has 0 fully saturated rings. The van der Waals surface area contributed by atoms with E-state index >= 15 is 0 Å². The van der Waals surface area contributed by atoms with Gasteiger partial charge in [-0.25, -0.2) is 0 Å². The maximum absolute atomic E-state index is 11.9. The van der Waals surface area contributed by atoms with Crippen LogP contribution in [0.2, 0.25) is 10.0 Å². The number of anilines is 3. The number of ether oxygens (including phenoxy) is 1. The molecule has 1 amide bonds. The highest BCUT2D eigenvalue weighted by Crippen LogP contribution is 2.26. The number of amides is 1. The first-order valence-electron chi connectivity index (χ1n) is 8.45. The highest BCUT2D eigenvalue weighted by atomic mass is 35.5. The Hall–Kier alpha value is -2.52. The monoisotopic (exact) mass is 427 g/mol. The summed E-state index contributed by atoms with van der Waals surface area (Å²) < 4.78 is 5.38. The molecule has 0 radical (unpaired) electrons. The number of nitrogens with one attached hydrogen (secondary N) is 2. The van der Waals surface area contributed by atoms with E-state index in [0.29, 0.717) is 46.7 Å². The first-order valence-corrected chi connectivity index (χ1v) is 9.21. The molecule has 1 aromatic heterocycles. The predicted octanol–water partition coefficient (Wildman–Crippen LogP) is 1.92. The van der Waals surface area contributed by atoms with Gasteiger partial charge in [0.25, 0.3) is 5.91 Å². The van der Waals surface area contributed by atoms with Crippen LogP contribution < -0.4 is 25.2 Å². The summed E-state index contributed by atoms with van der Waals surface area (Å²) in [5.41, 5.74) is 0. The smallest absolute Gasteiger partial charge is 0.258 e. The largest absolute Gasteiger partial charge is 0.484 e. The van der Waals surface area contributed by atoms with Crippen molar-refractivity contribution in [2.45, 2.75) is 0 Å². The Kier molecular flexibility index (Phi) is 7.89. The van der Waals surface area contributed by atoms with Crippen molar-refractivity contribution in [1.29, 1.82) is 0 Å². The molecular formula is C17H23Cl2N7O2. The summed E-state index contributed by atoms with van der Waals surface area (Å²) in [6, 6.07) is 4.82. The molecule has 0 bridgehead atoms. The van der Waals surface area contributed by atoms with Gasteiger partial charge in [0.15, 0.2) is 6.61 Å². The molecule has 0 unspecified atom stereocenters. The lowest BCUT2D eigenvalue weighted by Gasteiger charge is -2.16. The summed E-state index contributed by atoms with van der Waals surface area (Å²) in [5.74, 6) is 1.73. The normalized spacial score (nSPS) is 10.4. The first kappa shape index (κ1) is 21.8. The van der Waals surface area contributed by atoms with Crippen molar-refractivity contribution in [1.82, 2.24) is 20.3 Å². The zero-order valence-corrected chi connectivity index (χ0v) is 17.7. The molecular weight excluding hydrogens is 405 g/mol. The van der Waals surface area contributed by atoms with E-state index < -0.39 is 0 Å². The van der Waals surface area contributed by atoms with Gasteiger partial charge >= 0.3 is 0 Å². The summed E-state index contributed by atoms with van der Waals surface area (Å²) in [7, 11) is 7.42. The fourth-order valence-electron chi connectivity index (χ4n) is 1.98. The number of halogens is 2. The fourth-order valence-corrected chi connectivity index (χ4v) is 2.26. The minimum absolute atomic E-state index is 0.126. The zero-order valence-electron chi connectivity index (χ0n) is 16.2. The van der Waals surface area contributed by atoms with Gasteiger partial charge in [0, 0.05) is 47.3 Å². The average Bonchev–Trinajstić information content (AvgIpc) is 2.65. The molecule has 2 N–H and O–H groups in total. The average molecular weight is 428 g/mol. The minimum atomic E-state index is -0.258. The van der Waals surface area contributed by atoms with E-state index in [-0.39, 0.29) is 12.5 Å². The molecule has 0 spiro atoms. The second kappa shape index (κ2) is 10.1. The quantitative estimate of drug-likeness (QED) is 0.585. The Morgan fingerprint density at radius 3 is 2.21 bits per heavy atom. The number of nitrogens with zero attached hydrogens (tertiary/aromatic N) is 5. The van der Waals surface area contributed by atoms with Crippen LogP contribution in [0.25, 0.3) is 0 Å². The molecule has 11 heteroatoms. The molecule has 0 aliphatic heterocycles. The number of carbonyl (C=O) groups excluding carboxylic acids is 1. The van der Waals surface area contributed by atoms with Crippen LogP contribution in [0.1, 0.15) is 0 Å². The van der Waals surface area contributed by atoms with E-state index in [4.69, 9.17) is 27.9 Å². The molecule has 0 atom stereocenters. The second-order valence-corrected chi connectivity index (χ2v) is 7.00. The standard InChI is InChI=1S/C17H23Cl2N7O2/c1-25(2)16-22-15(23-17(24-16)26(3)4)21-8-7-20-14(27)10-28-11-5-6-12(18)13(19)9-11/h5-6,9H,7-8,10H2,1-4H3,(H,20,27)(H,21,22,23,24). The lowest BCUT2D eigenvalue weighted by Crippen LogP contribution is -2.33. The summed E-state index contributed by atoms with van der Waals surface area (Å²) in [6.45, 7) is 0.700. The van der Waals surface area contributed by atoms with Gasteiger partial charge in [-0.3, -0.25) is 4.79 Å². The van der Waals surface area contributed by atoms with Crippen LogP contribution in [0.4, 0.5) is 17.8 Å². The van der Waals surface area contributed by atoms with Crippen LogP contribution in [0.3, 0.4) is 0 Å². The van der Waals surface area contributed by atoms with Gasteiger partial charge in [0.05, 0.1) is 10.0 Å². The van der Waals surface area contributed by atoms with Crippen molar-refractivity contribution in [2.24, 2.45) is 0 Å². The second-order valence-electron chi connectivity index (χ2n) is 6.19. The van der Waals surface area contributed by atoms with Gasteiger partial charge in [-0.05, 0) is 12.1 Å². The van der Waals surface area contributed by atoms with Crippen LogP contribution in [0.15, 0.2) is 18.2 Å². The van der Waals surface area contributed by atoms with Gasteiger partial charge in [0.1, 0.15) is 5.75 Å². The highest BCUT2D eigenvalue weighted by Gasteiger charge is 2.10.